The van der Waals surface area contributed by atoms with Gasteiger partial charge in [-0.05, 0) is 37.1 Å². The summed E-state index contributed by atoms with van der Waals surface area (Å²) in [5.41, 5.74) is 2.32. The van der Waals surface area contributed by atoms with Gasteiger partial charge >= 0.3 is 6.09 Å². The van der Waals surface area contributed by atoms with Gasteiger partial charge in [-0.25, -0.2) is 9.78 Å². The minimum Gasteiger partial charge on any atom is -0.486 e. The number of piperidine rings is 1. The number of ether oxygens (including phenoxy) is 4. The van der Waals surface area contributed by atoms with Crippen LogP contribution < -0.4 is 24.0 Å². The van der Waals surface area contributed by atoms with Crippen molar-refractivity contribution in [2.24, 2.45) is 0 Å². The molecule has 188 valence electrons. The predicted molar refractivity (Wildman–Crippen MR) is 132 cm³/mol. The Labute approximate surface area is 208 Å². The fourth-order valence-corrected chi connectivity index (χ4v) is 5.19. The third-order valence-corrected chi connectivity index (χ3v) is 7.10. The molecule has 1 amide bonds. The van der Waals surface area contributed by atoms with Crippen molar-refractivity contribution in [3.05, 3.63) is 42.6 Å². The first-order valence-electron chi connectivity index (χ1n) is 12.2. The maximum Gasteiger partial charge on any atom is 0.414 e. The van der Waals surface area contributed by atoms with Crippen LogP contribution in [0.25, 0.3) is 11.0 Å². The largest absolute Gasteiger partial charge is 0.486 e. The van der Waals surface area contributed by atoms with Gasteiger partial charge in [0.2, 0.25) is 5.88 Å². The topological polar surface area (TPSA) is 106 Å². The number of aliphatic hydroxyl groups is 1. The molecule has 0 unspecified atom stereocenters. The van der Waals surface area contributed by atoms with E-state index in [0.29, 0.717) is 75.2 Å². The number of aromatic nitrogens is 2. The summed E-state index contributed by atoms with van der Waals surface area (Å²) < 4.78 is 22.2. The Kier molecular flexibility index (Phi) is 5.67. The van der Waals surface area contributed by atoms with Crippen molar-refractivity contribution in [2.45, 2.75) is 31.0 Å². The standard InChI is InChI=1S/C26H28N4O6/c1-33-23-5-3-19-24(28-23)20(6-9-27-19)29-10-7-26(32,8-11-29)15-18-16-30(25(31)36-18)17-2-4-21-22(14-17)35-13-12-34-21/h2-6,9,14,18,32H,7-8,10-13,15-16H2,1H3/t18-/m1/s1. The molecular weight excluding hydrogens is 464 g/mol. The summed E-state index contributed by atoms with van der Waals surface area (Å²) in [5, 5.41) is 11.4. The van der Waals surface area contributed by atoms with Crippen LogP contribution in [0.5, 0.6) is 17.4 Å². The summed E-state index contributed by atoms with van der Waals surface area (Å²) in [5.74, 6) is 1.83. The maximum absolute atomic E-state index is 12.6. The van der Waals surface area contributed by atoms with Crippen molar-refractivity contribution in [3.63, 3.8) is 0 Å². The zero-order valence-corrected chi connectivity index (χ0v) is 20.1. The van der Waals surface area contributed by atoms with E-state index in [1.54, 1.807) is 36.4 Å². The zero-order valence-electron chi connectivity index (χ0n) is 20.1. The van der Waals surface area contributed by atoms with E-state index < -0.39 is 17.8 Å². The molecular formula is C26H28N4O6. The molecule has 1 atom stereocenters. The van der Waals surface area contributed by atoms with Crippen molar-refractivity contribution < 1.29 is 28.8 Å². The highest BCUT2D eigenvalue weighted by molar-refractivity contribution is 5.90. The lowest BCUT2D eigenvalue weighted by Gasteiger charge is -2.40. The molecule has 3 aliphatic rings. The summed E-state index contributed by atoms with van der Waals surface area (Å²) in [7, 11) is 1.59. The summed E-state index contributed by atoms with van der Waals surface area (Å²) in [4.78, 5) is 25.4. The number of rotatable bonds is 5. The van der Waals surface area contributed by atoms with Crippen LogP contribution in [0.2, 0.25) is 0 Å². The molecule has 3 aliphatic heterocycles. The summed E-state index contributed by atoms with van der Waals surface area (Å²) in [6.07, 6.45) is 2.46. The maximum atomic E-state index is 12.6. The molecule has 36 heavy (non-hydrogen) atoms. The molecule has 1 aromatic carbocycles. The van der Waals surface area contributed by atoms with E-state index in [2.05, 4.69) is 14.9 Å². The Morgan fingerprint density at radius 2 is 1.92 bits per heavy atom. The summed E-state index contributed by atoms with van der Waals surface area (Å²) in [6, 6.07) is 11.1. The van der Waals surface area contributed by atoms with Crippen LogP contribution >= 0.6 is 0 Å². The second-order valence-electron chi connectivity index (χ2n) is 9.41. The lowest BCUT2D eigenvalue weighted by atomic mass is 9.85. The molecule has 5 heterocycles. The van der Waals surface area contributed by atoms with Gasteiger partial charge in [0.1, 0.15) is 24.8 Å². The quantitative estimate of drug-likeness (QED) is 0.575. The van der Waals surface area contributed by atoms with Gasteiger partial charge in [0.25, 0.3) is 0 Å². The van der Waals surface area contributed by atoms with Crippen molar-refractivity contribution in [3.8, 4) is 17.4 Å². The van der Waals surface area contributed by atoms with Crippen molar-refractivity contribution in [1.29, 1.82) is 0 Å². The molecule has 2 aromatic heterocycles. The van der Waals surface area contributed by atoms with Crippen molar-refractivity contribution in [2.75, 3.05) is 49.8 Å². The Morgan fingerprint density at radius 1 is 1.11 bits per heavy atom. The molecule has 0 saturated carbocycles. The number of amides is 1. The molecule has 10 heteroatoms. The molecule has 0 radical (unpaired) electrons. The van der Waals surface area contributed by atoms with Gasteiger partial charge in [0, 0.05) is 37.8 Å². The summed E-state index contributed by atoms with van der Waals surface area (Å²) >= 11 is 0. The molecule has 2 saturated heterocycles. The van der Waals surface area contributed by atoms with E-state index in [4.69, 9.17) is 18.9 Å². The molecule has 6 rings (SSSR count). The van der Waals surface area contributed by atoms with Crippen LogP contribution in [0.15, 0.2) is 42.6 Å². The number of methoxy groups -OCH3 is 1. The average Bonchev–Trinajstić information content (AvgIpc) is 3.27. The minimum absolute atomic E-state index is 0.378. The lowest BCUT2D eigenvalue weighted by Crippen LogP contribution is -2.46. The third-order valence-electron chi connectivity index (χ3n) is 7.10. The predicted octanol–water partition coefficient (Wildman–Crippen LogP) is 3.16. The highest BCUT2D eigenvalue weighted by Crippen LogP contribution is 2.38. The number of nitrogens with zero attached hydrogens (tertiary/aromatic N) is 4. The van der Waals surface area contributed by atoms with Gasteiger partial charge in [0.05, 0.1) is 36.1 Å². The fraction of sp³-hybridized carbons (Fsp3) is 0.423. The molecule has 10 nitrogen and oxygen atoms in total. The van der Waals surface area contributed by atoms with Crippen molar-refractivity contribution in [1.82, 2.24) is 9.97 Å². The Balaban J connectivity index is 1.12. The van der Waals surface area contributed by atoms with E-state index >= 15 is 0 Å². The van der Waals surface area contributed by atoms with Crippen LogP contribution in [-0.2, 0) is 4.74 Å². The first kappa shape index (κ1) is 22.7. The summed E-state index contributed by atoms with van der Waals surface area (Å²) in [6.45, 7) is 2.68. The number of cyclic esters (lactones) is 1. The Bertz CT molecular complexity index is 1290. The number of carbonyl (C=O) groups is 1. The van der Waals surface area contributed by atoms with Crippen LogP contribution in [0, 0.1) is 0 Å². The van der Waals surface area contributed by atoms with Gasteiger partial charge in [-0.3, -0.25) is 9.88 Å². The Morgan fingerprint density at radius 3 is 2.72 bits per heavy atom. The van der Waals surface area contributed by atoms with Gasteiger partial charge in [0.15, 0.2) is 11.5 Å². The normalized spacial score (nSPS) is 20.9. The molecule has 0 aliphatic carbocycles. The second kappa shape index (κ2) is 9.02. The molecule has 0 bridgehead atoms. The number of anilines is 2. The van der Waals surface area contributed by atoms with Gasteiger partial charge in [-0.1, -0.05) is 0 Å². The Hall–Kier alpha value is -3.79. The van der Waals surface area contributed by atoms with Gasteiger partial charge in [-0.15, -0.1) is 0 Å². The van der Waals surface area contributed by atoms with Crippen LogP contribution in [-0.4, -0.2) is 72.8 Å². The molecule has 2 fully saturated rings. The minimum atomic E-state index is -0.918. The van der Waals surface area contributed by atoms with Crippen LogP contribution in [0.4, 0.5) is 16.2 Å². The van der Waals surface area contributed by atoms with Gasteiger partial charge < -0.3 is 29.0 Å². The first-order chi connectivity index (χ1) is 17.5. The average molecular weight is 493 g/mol. The van der Waals surface area contributed by atoms with E-state index in [9.17, 15) is 9.90 Å². The second-order valence-corrected chi connectivity index (χ2v) is 9.41. The number of benzene rings is 1. The number of pyridine rings is 2. The number of hydrogen-bond acceptors (Lipinski definition) is 9. The lowest BCUT2D eigenvalue weighted by molar-refractivity contribution is -0.0220. The molecule has 0 spiro atoms. The van der Waals surface area contributed by atoms with E-state index in [1.807, 2.05) is 18.2 Å². The number of carbonyl (C=O) groups excluding carboxylic acids is 1. The highest BCUT2D eigenvalue weighted by Gasteiger charge is 2.41. The molecule has 3 aromatic rings. The number of fused-ring (bicyclic) bond motifs is 2. The van der Waals surface area contributed by atoms with Crippen LogP contribution in [0.1, 0.15) is 19.3 Å². The fourth-order valence-electron chi connectivity index (χ4n) is 5.19. The van der Waals surface area contributed by atoms with Gasteiger partial charge in [-0.2, -0.15) is 0 Å². The third kappa shape index (κ3) is 4.21. The zero-order chi connectivity index (χ0) is 24.7. The number of hydrogen-bond donors (Lipinski definition) is 1. The molecule has 1 N–H and O–H groups in total. The smallest absolute Gasteiger partial charge is 0.414 e. The first-order valence-corrected chi connectivity index (χ1v) is 12.2. The van der Waals surface area contributed by atoms with Crippen molar-refractivity contribution >= 4 is 28.5 Å². The SMILES string of the molecule is COc1ccc2nccc(N3CCC(O)(C[C@@H]4CN(c5ccc6c(c5)OCCO6)C(=O)O4)CC3)c2n1. The van der Waals surface area contributed by atoms with Crippen LogP contribution in [0.3, 0.4) is 0 Å². The highest BCUT2D eigenvalue weighted by atomic mass is 16.6. The van der Waals surface area contributed by atoms with E-state index in [0.717, 1.165) is 16.7 Å². The monoisotopic (exact) mass is 492 g/mol. The van der Waals surface area contributed by atoms with E-state index in [1.165, 1.54) is 0 Å². The van der Waals surface area contributed by atoms with E-state index in [-0.39, 0.29) is 0 Å².